The van der Waals surface area contributed by atoms with Gasteiger partial charge in [-0.25, -0.2) is 13.6 Å². The smallest absolute Gasteiger partial charge is 0.408 e. The maximum atomic E-state index is 11.8. The molecule has 118 valence electrons. The van der Waals surface area contributed by atoms with Crippen molar-refractivity contribution in [3.8, 4) is 22.9 Å². The van der Waals surface area contributed by atoms with Gasteiger partial charge in [0.15, 0.2) is 0 Å². The molecule has 0 aliphatic carbocycles. The number of hydrogen-bond donors (Lipinski definition) is 1. The van der Waals surface area contributed by atoms with Crippen molar-refractivity contribution in [2.75, 3.05) is 0 Å². The van der Waals surface area contributed by atoms with E-state index < -0.39 is 10.0 Å². The molecule has 2 N–H and O–H groups in total. The predicted octanol–water partition coefficient (Wildman–Crippen LogP) is 1.41. The van der Waals surface area contributed by atoms with Gasteiger partial charge in [-0.1, -0.05) is 18.2 Å². The number of nitrogens with two attached hydrogens (primary N) is 1. The molecule has 0 spiro atoms. The van der Waals surface area contributed by atoms with E-state index in [2.05, 4.69) is 9.79 Å². The highest BCUT2D eigenvalue weighted by molar-refractivity contribution is 7.89. The van der Waals surface area contributed by atoms with E-state index in [0.29, 0.717) is 11.3 Å². The topological polar surface area (TPSA) is 122 Å². The summed E-state index contributed by atoms with van der Waals surface area (Å²) in [4.78, 5) is 0.116. The van der Waals surface area contributed by atoms with Gasteiger partial charge in [-0.3, -0.25) is 4.63 Å². The Morgan fingerprint density at radius 1 is 1.09 bits per heavy atom. The molecule has 0 amide bonds. The van der Waals surface area contributed by atoms with Crippen LogP contribution in [0.4, 0.5) is 0 Å². The first-order chi connectivity index (χ1) is 10.9. The van der Waals surface area contributed by atoms with Gasteiger partial charge in [0.1, 0.15) is 5.75 Å². The van der Waals surface area contributed by atoms with Gasteiger partial charge in [0.25, 0.3) is 5.69 Å². The third-order valence-corrected chi connectivity index (χ3v) is 3.93. The molecule has 0 aliphatic rings. The monoisotopic (exact) mass is 333 g/mol. The molecule has 2 aromatic carbocycles. The van der Waals surface area contributed by atoms with E-state index in [1.807, 2.05) is 6.07 Å². The average Bonchev–Trinajstić information content (AvgIpc) is 2.88. The number of nitrogens with zero attached hydrogens (tertiary/aromatic N) is 2. The molecule has 0 fully saturated rings. The van der Waals surface area contributed by atoms with Crippen molar-refractivity contribution in [1.29, 1.82) is 0 Å². The Balaban J connectivity index is 1.98. The van der Waals surface area contributed by atoms with Crippen LogP contribution in [0.15, 0.2) is 64.1 Å². The Kier molecular flexibility index (Phi) is 3.72. The number of aromatic nitrogens is 2. The Labute approximate surface area is 131 Å². The minimum atomic E-state index is -3.81. The molecule has 8 nitrogen and oxygen atoms in total. The summed E-state index contributed by atoms with van der Waals surface area (Å²) >= 11 is 0. The summed E-state index contributed by atoms with van der Waals surface area (Å²) in [5.74, 6) is 0.443. The third-order valence-electron chi connectivity index (χ3n) is 3.00. The highest BCUT2D eigenvalue weighted by Crippen LogP contribution is 2.29. The molecule has 0 bridgehead atoms. The first-order valence-corrected chi connectivity index (χ1v) is 7.95. The van der Waals surface area contributed by atoms with Crippen LogP contribution in [0.3, 0.4) is 0 Å². The molecule has 0 atom stereocenters. The van der Waals surface area contributed by atoms with E-state index in [1.54, 1.807) is 24.3 Å². The zero-order valence-electron chi connectivity index (χ0n) is 11.6. The number of para-hydroxylation sites is 1. The largest absolute Gasteiger partial charge is 0.416 e. The molecule has 0 unspecified atom stereocenters. The standard InChI is InChI=1S/C14H11N3O5S/c15-23(19,20)12-8-6-10(7-9-12)13-14(16-22-17(13)18)21-11-4-2-1-3-5-11/h1-9H,(H2,15,19,20). The summed E-state index contributed by atoms with van der Waals surface area (Å²) in [5, 5.41) is 20.4. The second-order valence-electron chi connectivity index (χ2n) is 4.57. The number of hydrogen-bond acceptors (Lipinski definition) is 6. The molecule has 0 aliphatic heterocycles. The van der Waals surface area contributed by atoms with Crippen LogP contribution in [-0.2, 0) is 10.0 Å². The summed E-state index contributed by atoms with van der Waals surface area (Å²) < 4.78 is 32.6. The van der Waals surface area contributed by atoms with Gasteiger partial charge in [0, 0.05) is 5.56 Å². The van der Waals surface area contributed by atoms with Crippen LogP contribution in [0.5, 0.6) is 11.6 Å². The van der Waals surface area contributed by atoms with Gasteiger partial charge in [-0.05, 0) is 41.3 Å². The van der Waals surface area contributed by atoms with Crippen LogP contribution < -0.4 is 14.8 Å². The Bertz CT molecular complexity index is 921. The molecule has 1 heterocycles. The fourth-order valence-corrected chi connectivity index (χ4v) is 2.45. The van der Waals surface area contributed by atoms with Crippen LogP contribution in [0.25, 0.3) is 11.3 Å². The van der Waals surface area contributed by atoms with Gasteiger partial charge >= 0.3 is 5.88 Å². The van der Waals surface area contributed by atoms with Crippen LogP contribution in [0.2, 0.25) is 0 Å². The molecule has 0 radical (unpaired) electrons. The van der Waals surface area contributed by atoms with Crippen molar-refractivity contribution in [2.24, 2.45) is 5.14 Å². The Hall–Kier alpha value is -2.91. The van der Waals surface area contributed by atoms with Crippen molar-refractivity contribution in [2.45, 2.75) is 4.90 Å². The average molecular weight is 333 g/mol. The number of benzene rings is 2. The number of primary sulfonamides is 1. The lowest BCUT2D eigenvalue weighted by atomic mass is 10.1. The van der Waals surface area contributed by atoms with Crippen molar-refractivity contribution in [3.63, 3.8) is 0 Å². The number of sulfonamides is 1. The molecule has 3 aromatic rings. The van der Waals surface area contributed by atoms with Crippen LogP contribution >= 0.6 is 0 Å². The van der Waals surface area contributed by atoms with Gasteiger partial charge in [-0.2, -0.15) is 0 Å². The zero-order chi connectivity index (χ0) is 16.4. The van der Waals surface area contributed by atoms with Gasteiger partial charge in [-0.15, -0.1) is 0 Å². The molecular formula is C14H11N3O5S. The Morgan fingerprint density at radius 2 is 1.74 bits per heavy atom. The Morgan fingerprint density at radius 3 is 2.35 bits per heavy atom. The van der Waals surface area contributed by atoms with E-state index >= 15 is 0 Å². The van der Waals surface area contributed by atoms with E-state index in [-0.39, 0.29) is 21.4 Å². The SMILES string of the molecule is NS(=O)(=O)c1ccc(-c2c(Oc3ccccc3)no[n+]2[O-])cc1. The fraction of sp³-hybridized carbons (Fsp3) is 0. The van der Waals surface area contributed by atoms with Gasteiger partial charge in [0.05, 0.1) is 10.1 Å². The lowest BCUT2D eigenvalue weighted by Crippen LogP contribution is -2.25. The van der Waals surface area contributed by atoms with Gasteiger partial charge < -0.3 is 9.94 Å². The quantitative estimate of drug-likeness (QED) is 0.720. The number of rotatable bonds is 4. The van der Waals surface area contributed by atoms with Crippen molar-refractivity contribution < 1.29 is 22.7 Å². The second kappa shape index (κ2) is 5.71. The highest BCUT2D eigenvalue weighted by atomic mass is 32.2. The van der Waals surface area contributed by atoms with E-state index in [0.717, 1.165) is 0 Å². The molecule has 0 saturated carbocycles. The molecular weight excluding hydrogens is 322 g/mol. The maximum absolute atomic E-state index is 11.8. The van der Waals surface area contributed by atoms with Crippen LogP contribution in [0.1, 0.15) is 0 Å². The second-order valence-corrected chi connectivity index (χ2v) is 6.13. The van der Waals surface area contributed by atoms with E-state index in [1.165, 1.54) is 24.3 Å². The summed E-state index contributed by atoms with van der Waals surface area (Å²) in [6.45, 7) is 0. The van der Waals surface area contributed by atoms with Crippen molar-refractivity contribution in [1.82, 2.24) is 5.16 Å². The van der Waals surface area contributed by atoms with E-state index in [4.69, 9.17) is 9.88 Å². The zero-order valence-corrected chi connectivity index (χ0v) is 12.4. The summed E-state index contributed by atoms with van der Waals surface area (Å²) in [7, 11) is -3.81. The third kappa shape index (κ3) is 3.15. The highest BCUT2D eigenvalue weighted by Gasteiger charge is 2.24. The molecule has 3 rings (SSSR count). The van der Waals surface area contributed by atoms with Gasteiger partial charge in [0.2, 0.25) is 10.0 Å². The van der Waals surface area contributed by atoms with Crippen molar-refractivity contribution >= 4 is 10.0 Å². The minimum Gasteiger partial charge on any atom is -0.416 e. The maximum Gasteiger partial charge on any atom is 0.408 e. The molecule has 9 heteroatoms. The number of ether oxygens (including phenoxy) is 1. The lowest BCUT2D eigenvalue weighted by Gasteiger charge is -2.02. The molecule has 0 saturated heterocycles. The van der Waals surface area contributed by atoms with Crippen molar-refractivity contribution in [3.05, 3.63) is 59.8 Å². The molecule has 23 heavy (non-hydrogen) atoms. The van der Waals surface area contributed by atoms with Crippen LogP contribution in [-0.4, -0.2) is 13.6 Å². The summed E-state index contributed by atoms with van der Waals surface area (Å²) in [6, 6.07) is 14.1. The van der Waals surface area contributed by atoms with E-state index in [9.17, 15) is 13.6 Å². The molecule has 1 aromatic heterocycles. The normalized spacial score (nSPS) is 11.3. The predicted molar refractivity (Wildman–Crippen MR) is 78.8 cm³/mol. The van der Waals surface area contributed by atoms with Crippen LogP contribution in [0, 0.1) is 5.21 Å². The first kappa shape index (κ1) is 15.0. The minimum absolute atomic E-state index is 0.0230. The first-order valence-electron chi connectivity index (χ1n) is 6.41. The summed E-state index contributed by atoms with van der Waals surface area (Å²) in [5.41, 5.74) is 0.398. The summed E-state index contributed by atoms with van der Waals surface area (Å²) in [6.07, 6.45) is 0. The fourth-order valence-electron chi connectivity index (χ4n) is 1.93. The lowest BCUT2D eigenvalue weighted by molar-refractivity contribution is -0.793.